The van der Waals surface area contributed by atoms with Gasteiger partial charge < -0.3 is 21.7 Å². The maximum absolute atomic E-state index is 12.4. The number of fused-ring (bicyclic) bond motifs is 1. The van der Waals surface area contributed by atoms with Gasteiger partial charge in [-0.15, -0.1) is 0 Å². The van der Waals surface area contributed by atoms with E-state index in [0.717, 1.165) is 5.56 Å². The van der Waals surface area contributed by atoms with Crippen molar-refractivity contribution in [1.29, 1.82) is 5.41 Å². The Hall–Kier alpha value is -3.42. The Morgan fingerprint density at radius 1 is 1.29 bits per heavy atom. The molecule has 2 aromatic rings. The molecule has 0 saturated heterocycles. The third-order valence-electron chi connectivity index (χ3n) is 3.60. The lowest BCUT2D eigenvalue weighted by molar-refractivity contribution is -0.115. The van der Waals surface area contributed by atoms with E-state index in [9.17, 15) is 9.59 Å². The molecule has 122 valence electrons. The Bertz CT molecular complexity index is 816. The van der Waals surface area contributed by atoms with Crippen LogP contribution in [0.1, 0.15) is 21.5 Å². The van der Waals surface area contributed by atoms with Crippen LogP contribution in [0.15, 0.2) is 36.5 Å². The fraction of sp³-hybridized carbons (Fsp3) is 0.125. The van der Waals surface area contributed by atoms with Gasteiger partial charge in [0.2, 0.25) is 5.91 Å². The first-order valence-electron chi connectivity index (χ1n) is 7.29. The minimum Gasteiger partial charge on any atom is -0.370 e. The summed E-state index contributed by atoms with van der Waals surface area (Å²) in [6.07, 6.45) is 1.74. The molecular weight excluding hydrogens is 308 g/mol. The molecule has 8 nitrogen and oxygen atoms in total. The summed E-state index contributed by atoms with van der Waals surface area (Å²) in [4.78, 5) is 27.9. The number of nitrogens with two attached hydrogens (primary N) is 1. The van der Waals surface area contributed by atoms with Crippen molar-refractivity contribution in [3.8, 4) is 0 Å². The minimum atomic E-state index is -0.270. The van der Waals surface area contributed by atoms with Crippen molar-refractivity contribution in [3.63, 3.8) is 0 Å². The Kier molecular flexibility index (Phi) is 4.11. The molecule has 1 aliphatic rings. The molecule has 0 bridgehead atoms. The van der Waals surface area contributed by atoms with Gasteiger partial charge in [0.15, 0.2) is 5.96 Å². The quantitative estimate of drug-likeness (QED) is 0.419. The van der Waals surface area contributed by atoms with Crippen LogP contribution in [-0.2, 0) is 17.8 Å². The second kappa shape index (κ2) is 6.37. The van der Waals surface area contributed by atoms with Crippen LogP contribution < -0.4 is 21.7 Å². The van der Waals surface area contributed by atoms with Crippen LogP contribution in [0.5, 0.6) is 0 Å². The average Bonchev–Trinajstić information content (AvgIpc) is 2.94. The third kappa shape index (κ3) is 3.32. The summed E-state index contributed by atoms with van der Waals surface area (Å²) >= 11 is 0. The van der Waals surface area contributed by atoms with E-state index in [0.29, 0.717) is 29.2 Å². The maximum atomic E-state index is 12.4. The van der Waals surface area contributed by atoms with Crippen molar-refractivity contribution in [2.24, 2.45) is 5.73 Å². The molecule has 2 amide bonds. The van der Waals surface area contributed by atoms with E-state index in [1.807, 2.05) is 0 Å². The third-order valence-corrected chi connectivity index (χ3v) is 3.60. The smallest absolute Gasteiger partial charge is 0.255 e. The Balaban J connectivity index is 1.71. The minimum absolute atomic E-state index is 0.105. The second-order valence-corrected chi connectivity index (χ2v) is 5.33. The normalized spacial score (nSPS) is 12.2. The molecule has 6 N–H and O–H groups in total. The van der Waals surface area contributed by atoms with E-state index in [1.54, 1.807) is 30.3 Å². The molecule has 0 fully saturated rings. The van der Waals surface area contributed by atoms with Crippen molar-refractivity contribution in [1.82, 2.24) is 10.3 Å². The molecule has 8 heteroatoms. The number of rotatable bonds is 4. The van der Waals surface area contributed by atoms with Crippen molar-refractivity contribution in [3.05, 3.63) is 53.2 Å². The first-order valence-corrected chi connectivity index (χ1v) is 7.29. The summed E-state index contributed by atoms with van der Waals surface area (Å²) < 4.78 is 0. The monoisotopic (exact) mass is 324 g/mol. The highest BCUT2D eigenvalue weighted by molar-refractivity contribution is 6.07. The number of carbonyl (C=O) groups excluding carboxylic acids is 2. The van der Waals surface area contributed by atoms with Gasteiger partial charge in [-0.25, -0.2) is 4.98 Å². The summed E-state index contributed by atoms with van der Waals surface area (Å²) in [5.41, 5.74) is 7.89. The molecular formula is C16H16N6O2. The van der Waals surface area contributed by atoms with Gasteiger partial charge in [-0.2, -0.15) is 0 Å². The number of benzene rings is 1. The molecule has 1 aliphatic heterocycles. The van der Waals surface area contributed by atoms with Gasteiger partial charge in [-0.05, 0) is 23.8 Å². The summed E-state index contributed by atoms with van der Waals surface area (Å²) in [6, 6.07) is 8.62. The number of nitrogens with zero attached hydrogens (tertiary/aromatic N) is 1. The number of amides is 2. The Morgan fingerprint density at radius 3 is 2.75 bits per heavy atom. The van der Waals surface area contributed by atoms with Crippen LogP contribution >= 0.6 is 0 Å². The number of hydrogen-bond donors (Lipinski definition) is 5. The SMILES string of the molecule is N=C(N)NCc1ccc(C(=O)Nc2ccnc3c2CC(=O)N3)cc1. The first kappa shape index (κ1) is 15.5. The highest BCUT2D eigenvalue weighted by Crippen LogP contribution is 2.27. The lowest BCUT2D eigenvalue weighted by Crippen LogP contribution is -2.29. The van der Waals surface area contributed by atoms with Gasteiger partial charge in [0.05, 0.1) is 6.42 Å². The van der Waals surface area contributed by atoms with Gasteiger partial charge in [0.25, 0.3) is 5.91 Å². The summed E-state index contributed by atoms with van der Waals surface area (Å²) in [6.45, 7) is 0.420. The predicted octanol–water partition coefficient (Wildman–Crippen LogP) is 0.812. The molecule has 0 aliphatic carbocycles. The van der Waals surface area contributed by atoms with E-state index in [4.69, 9.17) is 11.1 Å². The fourth-order valence-corrected chi connectivity index (χ4v) is 2.40. The highest BCUT2D eigenvalue weighted by Gasteiger charge is 2.22. The summed E-state index contributed by atoms with van der Waals surface area (Å²) in [5, 5.41) is 15.3. The number of anilines is 2. The Labute approximate surface area is 138 Å². The van der Waals surface area contributed by atoms with Gasteiger partial charge in [0.1, 0.15) is 5.82 Å². The molecule has 1 aromatic heterocycles. The van der Waals surface area contributed by atoms with Gasteiger partial charge >= 0.3 is 0 Å². The van der Waals surface area contributed by atoms with Crippen molar-refractivity contribution in [2.45, 2.75) is 13.0 Å². The van der Waals surface area contributed by atoms with Crippen molar-refractivity contribution in [2.75, 3.05) is 10.6 Å². The van der Waals surface area contributed by atoms with E-state index in [1.165, 1.54) is 6.20 Å². The largest absolute Gasteiger partial charge is 0.370 e. The molecule has 0 unspecified atom stereocenters. The van der Waals surface area contributed by atoms with E-state index < -0.39 is 0 Å². The number of pyridine rings is 1. The fourth-order valence-electron chi connectivity index (χ4n) is 2.40. The van der Waals surface area contributed by atoms with E-state index >= 15 is 0 Å². The average molecular weight is 324 g/mol. The molecule has 0 saturated carbocycles. The molecule has 0 spiro atoms. The Morgan fingerprint density at radius 2 is 2.04 bits per heavy atom. The molecule has 0 atom stereocenters. The van der Waals surface area contributed by atoms with Gasteiger partial charge in [-0.1, -0.05) is 12.1 Å². The van der Waals surface area contributed by atoms with Crippen LogP contribution in [0.25, 0.3) is 0 Å². The molecule has 0 radical (unpaired) electrons. The van der Waals surface area contributed by atoms with Crippen LogP contribution in [0.2, 0.25) is 0 Å². The second-order valence-electron chi connectivity index (χ2n) is 5.33. The lowest BCUT2D eigenvalue weighted by Gasteiger charge is -2.09. The summed E-state index contributed by atoms with van der Waals surface area (Å²) in [7, 11) is 0. The number of guanidine groups is 1. The van der Waals surface area contributed by atoms with Crippen molar-refractivity contribution < 1.29 is 9.59 Å². The van der Waals surface area contributed by atoms with Crippen LogP contribution in [0.4, 0.5) is 11.5 Å². The maximum Gasteiger partial charge on any atom is 0.255 e. The lowest BCUT2D eigenvalue weighted by atomic mass is 10.1. The predicted molar refractivity (Wildman–Crippen MR) is 89.7 cm³/mol. The van der Waals surface area contributed by atoms with Crippen LogP contribution in [0, 0.1) is 5.41 Å². The van der Waals surface area contributed by atoms with Gasteiger partial charge in [-0.3, -0.25) is 15.0 Å². The van der Waals surface area contributed by atoms with Crippen LogP contribution in [-0.4, -0.2) is 22.8 Å². The number of hydrogen-bond acceptors (Lipinski definition) is 4. The molecule has 3 rings (SSSR count). The standard InChI is InChI=1S/C16H16N6O2/c17-16(18)20-8-9-1-3-10(4-2-9)15(24)21-12-5-6-19-14-11(12)7-13(23)22-14/h1-6H,7-8H2,(H4,17,18,20)(H2,19,21,22,23,24). The van der Waals surface area contributed by atoms with E-state index in [2.05, 4.69) is 20.9 Å². The van der Waals surface area contributed by atoms with Gasteiger partial charge in [0, 0.05) is 29.6 Å². The zero-order chi connectivity index (χ0) is 17.1. The topological polar surface area (TPSA) is 133 Å². The first-order chi connectivity index (χ1) is 11.5. The molecule has 24 heavy (non-hydrogen) atoms. The zero-order valence-electron chi connectivity index (χ0n) is 12.7. The van der Waals surface area contributed by atoms with Crippen LogP contribution in [0.3, 0.4) is 0 Å². The zero-order valence-corrected chi connectivity index (χ0v) is 12.7. The van der Waals surface area contributed by atoms with Crippen molar-refractivity contribution >= 4 is 29.3 Å². The summed E-state index contributed by atoms with van der Waals surface area (Å²) in [5.74, 6) is -0.0228. The number of carbonyl (C=O) groups is 2. The highest BCUT2D eigenvalue weighted by atomic mass is 16.2. The molecule has 1 aromatic carbocycles. The molecule has 2 heterocycles. The van der Waals surface area contributed by atoms with E-state index in [-0.39, 0.29) is 24.2 Å². The number of aromatic nitrogens is 1. The number of nitrogens with one attached hydrogen (secondary N) is 4.